The number of rotatable bonds is 6. The van der Waals surface area contributed by atoms with Crippen molar-refractivity contribution < 1.29 is 4.74 Å². The van der Waals surface area contributed by atoms with E-state index in [4.69, 9.17) is 16.3 Å². The summed E-state index contributed by atoms with van der Waals surface area (Å²) in [5.41, 5.74) is 3.06. The smallest absolute Gasteiger partial charge is 0.131 e. The summed E-state index contributed by atoms with van der Waals surface area (Å²) in [5, 5.41) is 6.04. The maximum Gasteiger partial charge on any atom is 0.131 e. The van der Waals surface area contributed by atoms with E-state index in [1.165, 1.54) is 5.56 Å². The van der Waals surface area contributed by atoms with Crippen LogP contribution in [-0.4, -0.2) is 9.78 Å². The molecule has 0 aliphatic rings. The van der Waals surface area contributed by atoms with Crippen LogP contribution in [0.1, 0.15) is 30.8 Å². The zero-order valence-electron chi connectivity index (χ0n) is 11.7. The molecule has 0 N–H and O–H groups in total. The number of ether oxygens (including phenoxy) is 1. The van der Waals surface area contributed by atoms with Gasteiger partial charge < -0.3 is 4.74 Å². The molecule has 0 unspecified atom stereocenters. The molecule has 0 radical (unpaired) electrons. The Labute approximate surface area is 133 Å². The Morgan fingerprint density at radius 3 is 2.80 bits per heavy atom. The first-order chi connectivity index (χ1) is 9.69. The largest absolute Gasteiger partial charge is 0.487 e. The molecule has 0 spiro atoms. The fraction of sp³-hybridized carbons (Fsp3) is 0.400. The molecule has 0 atom stereocenters. The van der Waals surface area contributed by atoms with Gasteiger partial charge in [0.1, 0.15) is 12.4 Å². The summed E-state index contributed by atoms with van der Waals surface area (Å²) in [6, 6.07) is 8.02. The second-order valence-corrected chi connectivity index (χ2v) is 5.39. The van der Waals surface area contributed by atoms with Gasteiger partial charge in [0, 0.05) is 11.9 Å². The quantitative estimate of drug-likeness (QED) is 0.707. The van der Waals surface area contributed by atoms with Crippen molar-refractivity contribution in [3.63, 3.8) is 0 Å². The van der Waals surface area contributed by atoms with Crippen LogP contribution in [0, 0.1) is 0 Å². The zero-order chi connectivity index (χ0) is 14.5. The molecule has 1 heterocycles. The van der Waals surface area contributed by atoms with Crippen LogP contribution in [0.25, 0.3) is 0 Å². The third-order valence-corrected chi connectivity index (χ3v) is 4.21. The van der Waals surface area contributed by atoms with Crippen LogP contribution in [0.3, 0.4) is 0 Å². The van der Waals surface area contributed by atoms with Gasteiger partial charge in [-0.15, -0.1) is 0 Å². The molecule has 0 fully saturated rings. The molecule has 0 aliphatic carbocycles. The van der Waals surface area contributed by atoms with Gasteiger partial charge in [0.05, 0.1) is 16.4 Å². The van der Waals surface area contributed by atoms with Crippen LogP contribution in [-0.2, 0) is 24.9 Å². The third kappa shape index (κ3) is 3.36. The number of benzene rings is 1. The van der Waals surface area contributed by atoms with E-state index in [9.17, 15) is 0 Å². The Morgan fingerprint density at radius 1 is 1.35 bits per heavy atom. The van der Waals surface area contributed by atoms with E-state index in [0.29, 0.717) is 6.61 Å². The van der Waals surface area contributed by atoms with Gasteiger partial charge in [-0.3, -0.25) is 4.68 Å². The van der Waals surface area contributed by atoms with Crippen LogP contribution in [0.2, 0.25) is 5.02 Å². The fourth-order valence-corrected chi connectivity index (χ4v) is 2.70. The van der Waals surface area contributed by atoms with Gasteiger partial charge in [-0.2, -0.15) is 5.10 Å². The number of aromatic nitrogens is 2. The molecule has 0 aliphatic heterocycles. The molecule has 2 rings (SSSR count). The highest BCUT2D eigenvalue weighted by atomic mass is 79.9. The van der Waals surface area contributed by atoms with Crippen molar-refractivity contribution in [3.05, 3.63) is 46.2 Å². The molecular formula is C15H18BrClN2O. The predicted octanol–water partition coefficient (Wildman–Crippen LogP) is 4.59. The summed E-state index contributed by atoms with van der Waals surface area (Å²) in [5.74, 6) is 0.847. The fourth-order valence-electron chi connectivity index (χ4n) is 2.03. The van der Waals surface area contributed by atoms with Gasteiger partial charge in [0.2, 0.25) is 0 Å². The van der Waals surface area contributed by atoms with Crippen molar-refractivity contribution in [1.29, 1.82) is 0 Å². The van der Waals surface area contributed by atoms with E-state index in [1.54, 1.807) is 0 Å². The third-order valence-electron chi connectivity index (χ3n) is 3.12. The van der Waals surface area contributed by atoms with Crippen molar-refractivity contribution in [3.8, 4) is 5.75 Å². The topological polar surface area (TPSA) is 27.1 Å². The number of hydrogen-bond donors (Lipinski definition) is 0. The Kier molecular flexibility index (Phi) is 5.49. The maximum atomic E-state index is 6.36. The number of hydrogen-bond acceptors (Lipinski definition) is 2. The minimum atomic E-state index is 0.436. The molecule has 5 heteroatoms. The lowest BCUT2D eigenvalue weighted by Crippen LogP contribution is -2.06. The van der Waals surface area contributed by atoms with E-state index in [-0.39, 0.29) is 0 Å². The Morgan fingerprint density at radius 2 is 2.15 bits per heavy atom. The van der Waals surface area contributed by atoms with Crippen molar-refractivity contribution >= 4 is 27.5 Å². The highest BCUT2D eigenvalue weighted by molar-refractivity contribution is 9.08. The lowest BCUT2D eigenvalue weighted by atomic mass is 10.2. The Bertz CT molecular complexity index is 583. The first kappa shape index (κ1) is 15.4. The van der Waals surface area contributed by atoms with Gasteiger partial charge in [-0.1, -0.05) is 46.6 Å². The molecule has 0 saturated carbocycles. The van der Waals surface area contributed by atoms with E-state index < -0.39 is 0 Å². The van der Waals surface area contributed by atoms with Gasteiger partial charge in [-0.05, 0) is 31.0 Å². The first-order valence-corrected chi connectivity index (χ1v) is 8.21. The highest BCUT2D eigenvalue weighted by Crippen LogP contribution is 2.24. The number of nitrogens with zero attached hydrogens (tertiary/aromatic N) is 2. The summed E-state index contributed by atoms with van der Waals surface area (Å²) in [6.45, 7) is 5.33. The average molecular weight is 358 g/mol. The number of aryl methyl sites for hydroxylation is 2. The molecular weight excluding hydrogens is 340 g/mol. The minimum Gasteiger partial charge on any atom is -0.487 e. The summed E-state index contributed by atoms with van der Waals surface area (Å²) in [6.07, 6.45) is 0.831. The van der Waals surface area contributed by atoms with Crippen LogP contribution >= 0.6 is 27.5 Å². The van der Waals surface area contributed by atoms with Gasteiger partial charge in [-0.25, -0.2) is 0 Å². The van der Waals surface area contributed by atoms with Gasteiger partial charge in [0.15, 0.2) is 0 Å². The Hall–Kier alpha value is -1.000. The average Bonchev–Trinajstić information content (AvgIpc) is 2.81. The van der Waals surface area contributed by atoms with Crippen LogP contribution < -0.4 is 4.74 Å². The summed E-state index contributed by atoms with van der Waals surface area (Å²) >= 11 is 9.81. The number of alkyl halides is 1. The molecule has 20 heavy (non-hydrogen) atoms. The normalized spacial score (nSPS) is 10.8. The maximum absolute atomic E-state index is 6.36. The second-order valence-electron chi connectivity index (χ2n) is 4.45. The van der Waals surface area contributed by atoms with Crippen molar-refractivity contribution in [2.24, 2.45) is 0 Å². The highest BCUT2D eigenvalue weighted by Gasteiger charge is 2.14. The molecule has 108 valence electrons. The lowest BCUT2D eigenvalue weighted by molar-refractivity contribution is 0.292. The molecule has 0 saturated heterocycles. The molecule has 0 amide bonds. The monoisotopic (exact) mass is 356 g/mol. The van der Waals surface area contributed by atoms with E-state index in [2.05, 4.69) is 40.9 Å². The van der Waals surface area contributed by atoms with Gasteiger partial charge >= 0.3 is 0 Å². The van der Waals surface area contributed by atoms with Crippen molar-refractivity contribution in [2.45, 2.75) is 38.8 Å². The van der Waals surface area contributed by atoms with E-state index in [1.807, 2.05) is 22.9 Å². The van der Waals surface area contributed by atoms with Crippen LogP contribution in [0.5, 0.6) is 5.75 Å². The molecule has 0 bridgehead atoms. The Balaban J connectivity index is 2.15. The standard InChI is InChI=1S/C15H18BrClN2O/c1-3-13-15(17)14(19(4-2)18-13)10-20-12-7-5-6-11(8-12)9-16/h5-8H,3-4,9-10H2,1-2H3. The predicted molar refractivity (Wildman–Crippen MR) is 85.7 cm³/mol. The van der Waals surface area contributed by atoms with Crippen molar-refractivity contribution in [1.82, 2.24) is 9.78 Å². The van der Waals surface area contributed by atoms with Crippen molar-refractivity contribution in [2.75, 3.05) is 0 Å². The second kappa shape index (κ2) is 7.14. The molecule has 1 aromatic carbocycles. The summed E-state index contributed by atoms with van der Waals surface area (Å²) < 4.78 is 7.76. The first-order valence-electron chi connectivity index (χ1n) is 6.71. The molecule has 2 aromatic rings. The SMILES string of the molecule is CCc1nn(CC)c(COc2cccc(CBr)c2)c1Cl. The number of halogens is 2. The summed E-state index contributed by atoms with van der Waals surface area (Å²) in [4.78, 5) is 0. The lowest BCUT2D eigenvalue weighted by Gasteiger charge is -2.09. The molecule has 3 nitrogen and oxygen atoms in total. The van der Waals surface area contributed by atoms with E-state index >= 15 is 0 Å². The van der Waals surface area contributed by atoms with Crippen LogP contribution in [0.4, 0.5) is 0 Å². The van der Waals surface area contributed by atoms with E-state index in [0.717, 1.165) is 40.5 Å². The molecule has 1 aromatic heterocycles. The zero-order valence-corrected chi connectivity index (χ0v) is 14.0. The van der Waals surface area contributed by atoms with Crippen LogP contribution in [0.15, 0.2) is 24.3 Å². The summed E-state index contributed by atoms with van der Waals surface area (Å²) in [7, 11) is 0. The van der Waals surface area contributed by atoms with Gasteiger partial charge in [0.25, 0.3) is 0 Å². The minimum absolute atomic E-state index is 0.436.